The Bertz CT molecular complexity index is 1190. The van der Waals surface area contributed by atoms with Gasteiger partial charge in [0.1, 0.15) is 0 Å². The van der Waals surface area contributed by atoms with Crippen molar-refractivity contribution < 1.29 is 42.4 Å². The summed E-state index contributed by atoms with van der Waals surface area (Å²) in [5.41, 5.74) is 7.40. The number of hydrogen-bond acceptors (Lipinski definition) is 8. The molecule has 2 aromatic rings. The predicted molar refractivity (Wildman–Crippen MR) is 260 cm³/mol. The Kier molecular flexibility index (Phi) is 55.0. The fraction of sp³-hybridized carbons (Fsp3) is 0.500. The van der Waals surface area contributed by atoms with Gasteiger partial charge in [-0.2, -0.15) is 0 Å². The van der Waals surface area contributed by atoms with Crippen LogP contribution in [0.2, 0.25) is 65.5 Å². The molecule has 56 heavy (non-hydrogen) atoms. The molecule has 2 rings (SSSR count). The Balaban J connectivity index is -0.0000000855. The first-order chi connectivity index (χ1) is 23.9. The summed E-state index contributed by atoms with van der Waals surface area (Å²) in [6.45, 7) is 45.9. The zero-order chi connectivity index (χ0) is 41.5. The minimum Gasteiger partial charge on any atom is -0.417 e. The molecular weight excluding hydrogens is 851 g/mol. The zero-order valence-corrected chi connectivity index (χ0v) is 44.3. The summed E-state index contributed by atoms with van der Waals surface area (Å²) in [6.07, 6.45) is 3.56. The van der Waals surface area contributed by atoms with Crippen LogP contribution in [0.1, 0.15) is 57.9 Å². The van der Waals surface area contributed by atoms with E-state index < -0.39 is 34.2 Å². The molecular formula is C42H82Co2N6O2Si4-. The smallest absolute Gasteiger partial charge is 0.417 e. The quantitative estimate of drug-likeness (QED) is 0.103. The molecule has 0 aliphatic rings. The third-order valence-electron chi connectivity index (χ3n) is 5.36. The van der Waals surface area contributed by atoms with E-state index in [0.717, 1.165) is 52.2 Å². The molecule has 0 spiro atoms. The molecule has 0 aliphatic heterocycles. The molecule has 2 aromatic heterocycles. The maximum atomic E-state index is 5.21. The predicted octanol–water partition coefficient (Wildman–Crippen LogP) is 11.0. The summed E-state index contributed by atoms with van der Waals surface area (Å²) in [7, 11) is 4.12. The van der Waals surface area contributed by atoms with E-state index in [1.165, 1.54) is 0 Å². The van der Waals surface area contributed by atoms with Gasteiger partial charge in [0, 0.05) is 45.0 Å². The van der Waals surface area contributed by atoms with Crippen LogP contribution in [0.4, 0.5) is 0 Å². The Morgan fingerprint density at radius 3 is 1.04 bits per heavy atom. The van der Waals surface area contributed by atoms with Gasteiger partial charge in [0.15, 0.2) is 9.04 Å². The summed E-state index contributed by atoms with van der Waals surface area (Å²) in [5.74, 6) is 0. The average molecular weight is 933 g/mol. The number of aromatic nitrogens is 2. The van der Waals surface area contributed by atoms with Crippen molar-refractivity contribution in [2.45, 2.75) is 101 Å². The van der Waals surface area contributed by atoms with E-state index in [-0.39, 0.29) is 48.4 Å². The van der Waals surface area contributed by atoms with Gasteiger partial charge in [0.05, 0.1) is 58.8 Å². The van der Waals surface area contributed by atoms with Gasteiger partial charge < -0.3 is 29.4 Å². The molecule has 0 saturated heterocycles. The Morgan fingerprint density at radius 1 is 0.679 bits per heavy atom. The van der Waals surface area contributed by atoms with Crippen LogP contribution in [-0.4, -0.2) is 108 Å². The molecule has 0 fully saturated rings. The first-order valence-electron chi connectivity index (χ1n) is 17.6. The van der Waals surface area contributed by atoms with Crippen molar-refractivity contribution in [1.29, 1.82) is 0 Å². The van der Waals surface area contributed by atoms with Crippen LogP contribution in [0.5, 0.6) is 0 Å². The average Bonchev–Trinajstić information content (AvgIpc) is 3.07. The minimum absolute atomic E-state index is 0. The molecule has 0 amide bonds. The summed E-state index contributed by atoms with van der Waals surface area (Å²) in [6, 6.07) is 11.8. The van der Waals surface area contributed by atoms with Crippen molar-refractivity contribution in [2.24, 2.45) is 20.0 Å². The molecule has 14 heteroatoms. The van der Waals surface area contributed by atoms with Crippen molar-refractivity contribution in [3.8, 4) is 0 Å². The van der Waals surface area contributed by atoms with Crippen LogP contribution in [-0.2, 0) is 42.4 Å². The Hall–Kier alpha value is -1.74. The molecule has 0 aromatic carbocycles. The minimum atomic E-state index is -0.861. The fourth-order valence-corrected chi connectivity index (χ4v) is 3.59. The van der Waals surface area contributed by atoms with Crippen molar-refractivity contribution in [3.63, 3.8) is 0 Å². The standard InChI is InChI=1S/2C11H15N3.C5H12OSi.C5H11OSi.2C4H11Si.CH4.CH3.2Co/c2*1-8(12-3)10-6-5-7-11(14-10)9(2)13-4;2*1-4-5-6-7(2)3;2*1-5(2,3)4;;;;/h2*5-7H,1-4H3;4,7H,1,5H2,2-3H3;4H,1,5H2,2-3H3;2*1H2,2-4H3;1H4;1H3;;/q;;;;2*-1;;-1;;+2. The van der Waals surface area contributed by atoms with Gasteiger partial charge in [0.2, 0.25) is 9.04 Å². The molecule has 0 aliphatic carbocycles. The summed E-state index contributed by atoms with van der Waals surface area (Å²) in [4.78, 5) is 25.3. The maximum absolute atomic E-state index is 5.21. The van der Waals surface area contributed by atoms with Crippen LogP contribution >= 0.6 is 0 Å². The van der Waals surface area contributed by atoms with Crippen LogP contribution in [0.25, 0.3) is 0 Å². The summed E-state index contributed by atoms with van der Waals surface area (Å²) >= 11 is 0. The van der Waals surface area contributed by atoms with E-state index in [4.69, 9.17) is 8.85 Å². The van der Waals surface area contributed by atoms with Gasteiger partial charge in [-0.25, -0.2) is 9.97 Å². The Morgan fingerprint density at radius 2 is 0.911 bits per heavy atom. The van der Waals surface area contributed by atoms with Crippen LogP contribution in [0.3, 0.4) is 0 Å². The SMILES string of the molecule is C.C=CCO[SiH](C)C.C=CCO[Si](C)C.CN=C(C)c1cccc(C(C)=NC)n1.CN=C(C)c1cccc(C(C)=NC)n1.[CH2-][Si](C)(C)C.[CH2-][Si](C)(C)C.[CH3-].[Co+2].[Co]. The molecule has 0 atom stereocenters. The maximum Gasteiger partial charge on any atom is 2.00 e. The Labute approximate surface area is 374 Å². The molecule has 0 N–H and O–H groups in total. The van der Waals surface area contributed by atoms with Crippen molar-refractivity contribution in [3.05, 3.63) is 105 Å². The topological polar surface area (TPSA) is 93.7 Å². The van der Waals surface area contributed by atoms with Crippen LogP contribution < -0.4 is 0 Å². The van der Waals surface area contributed by atoms with Gasteiger partial charge >= 0.3 is 16.8 Å². The monoisotopic (exact) mass is 932 g/mol. The van der Waals surface area contributed by atoms with Crippen molar-refractivity contribution in [1.82, 2.24) is 9.97 Å². The van der Waals surface area contributed by atoms with E-state index in [1.54, 1.807) is 40.3 Å². The fourth-order valence-electron chi connectivity index (χ4n) is 2.62. The molecule has 327 valence electrons. The summed E-state index contributed by atoms with van der Waals surface area (Å²) < 4.78 is 10.4. The molecule has 0 saturated carbocycles. The molecule has 3 radical (unpaired) electrons. The van der Waals surface area contributed by atoms with E-state index in [0.29, 0.717) is 6.61 Å². The number of rotatable bonds is 10. The second-order valence-corrected chi connectivity index (χ2v) is 29.1. The van der Waals surface area contributed by atoms with Gasteiger partial charge in [-0.3, -0.25) is 20.0 Å². The van der Waals surface area contributed by atoms with Crippen molar-refractivity contribution in [2.75, 3.05) is 41.4 Å². The van der Waals surface area contributed by atoms with Gasteiger partial charge in [-0.1, -0.05) is 71.0 Å². The van der Waals surface area contributed by atoms with Gasteiger partial charge in [0.25, 0.3) is 0 Å². The van der Waals surface area contributed by atoms with E-state index in [9.17, 15) is 0 Å². The molecule has 0 unspecified atom stereocenters. The normalized spacial score (nSPS) is 11.1. The summed E-state index contributed by atoms with van der Waals surface area (Å²) in [5, 5.41) is 0. The first-order valence-corrected chi connectivity index (χ1v) is 30.2. The van der Waals surface area contributed by atoms with E-state index in [1.807, 2.05) is 64.1 Å². The second kappa shape index (κ2) is 42.9. The van der Waals surface area contributed by atoms with Crippen LogP contribution in [0.15, 0.2) is 81.7 Å². The van der Waals surface area contributed by atoms with Gasteiger partial charge in [-0.15, -0.1) is 29.3 Å². The van der Waals surface area contributed by atoms with Gasteiger partial charge in [-0.05, 0) is 78.1 Å². The third-order valence-corrected chi connectivity index (χ3v) is 6.96. The molecule has 8 nitrogen and oxygen atoms in total. The second-order valence-electron chi connectivity index (χ2n) is 14.4. The number of aliphatic imine (C=N–C) groups is 4. The van der Waals surface area contributed by atoms with E-state index in [2.05, 4.69) is 122 Å². The van der Waals surface area contributed by atoms with Crippen LogP contribution in [0, 0.1) is 20.5 Å². The number of nitrogens with zero attached hydrogens (tertiary/aromatic N) is 6. The largest absolute Gasteiger partial charge is 2.00 e. The zero-order valence-electron chi connectivity index (χ0n) is 38.1. The van der Waals surface area contributed by atoms with E-state index >= 15 is 0 Å². The first kappa shape index (κ1) is 71.9. The molecule has 2 heterocycles. The molecule has 0 bridgehead atoms. The third kappa shape index (κ3) is 54.4. The van der Waals surface area contributed by atoms with Crippen molar-refractivity contribution >= 4 is 57.1 Å². The number of pyridine rings is 2. The number of hydrogen-bond donors (Lipinski definition) is 0.